The molecule has 0 N–H and O–H groups in total. The molecule has 0 bridgehead atoms. The van der Waals surface area contributed by atoms with Crippen molar-refractivity contribution in [2.45, 2.75) is 13.8 Å². The van der Waals surface area contributed by atoms with E-state index in [9.17, 15) is 0 Å². The number of aliphatic imine (C=N–C) groups is 1. The Morgan fingerprint density at radius 3 is 2.12 bits per heavy atom. The molecule has 8 heavy (non-hydrogen) atoms. The third-order valence-electron chi connectivity index (χ3n) is 1.05. The van der Waals surface area contributed by atoms with E-state index in [1.165, 1.54) is 0 Å². The molecule has 0 aromatic carbocycles. The molecule has 0 aromatic rings. The predicted molar refractivity (Wildman–Crippen MR) is 34.9 cm³/mol. The lowest BCUT2D eigenvalue weighted by Gasteiger charge is -1.98. The van der Waals surface area contributed by atoms with Gasteiger partial charge < -0.3 is 4.74 Å². The van der Waals surface area contributed by atoms with E-state index >= 15 is 0 Å². The monoisotopic (exact) mass is 113 g/mol. The van der Waals surface area contributed by atoms with Crippen molar-refractivity contribution in [3.05, 3.63) is 11.5 Å². The second-order valence-corrected chi connectivity index (χ2v) is 1.50. The lowest BCUT2D eigenvalue weighted by molar-refractivity contribution is 0.288. The van der Waals surface area contributed by atoms with E-state index in [0.29, 0.717) is 0 Å². The molecule has 0 aliphatic rings. The van der Waals surface area contributed by atoms with E-state index in [-0.39, 0.29) is 0 Å². The zero-order chi connectivity index (χ0) is 6.57. The van der Waals surface area contributed by atoms with Crippen molar-refractivity contribution >= 4 is 6.72 Å². The molecule has 2 heteroatoms. The van der Waals surface area contributed by atoms with Crippen LogP contribution in [-0.2, 0) is 4.74 Å². The highest BCUT2D eigenvalue weighted by molar-refractivity contribution is 5.28. The van der Waals surface area contributed by atoms with Gasteiger partial charge in [-0.2, -0.15) is 0 Å². The standard InChI is InChI=1S/C6H11NO/c1-5(7-3)6(2)8-4/h3H2,1-2,4H3/b6-5-. The molecule has 46 valence electrons. The SMILES string of the molecule is C=N/C(C)=C(/C)OC. The summed E-state index contributed by atoms with van der Waals surface area (Å²) in [6.07, 6.45) is 0. The third-order valence-corrected chi connectivity index (χ3v) is 1.05. The van der Waals surface area contributed by atoms with E-state index in [2.05, 4.69) is 11.7 Å². The summed E-state index contributed by atoms with van der Waals surface area (Å²) < 4.78 is 4.85. The molecule has 0 rings (SSSR count). The average Bonchev–Trinajstić information content (AvgIpc) is 1.84. The van der Waals surface area contributed by atoms with Gasteiger partial charge in [0.1, 0.15) is 5.76 Å². The minimum absolute atomic E-state index is 0.819. The van der Waals surface area contributed by atoms with Gasteiger partial charge in [0.15, 0.2) is 0 Å². The summed E-state index contributed by atoms with van der Waals surface area (Å²) in [6.45, 7) is 7.05. The summed E-state index contributed by atoms with van der Waals surface area (Å²) in [5.74, 6) is 0.819. The summed E-state index contributed by atoms with van der Waals surface area (Å²) >= 11 is 0. The van der Waals surface area contributed by atoms with Crippen LogP contribution in [0.2, 0.25) is 0 Å². The van der Waals surface area contributed by atoms with Gasteiger partial charge in [-0.3, -0.25) is 4.99 Å². The molecule has 0 aliphatic carbocycles. The molecule has 0 unspecified atom stereocenters. The molecule has 0 amide bonds. The first kappa shape index (κ1) is 7.21. The molecular formula is C6H11NO. The molecular weight excluding hydrogens is 102 g/mol. The average molecular weight is 113 g/mol. The molecule has 0 heterocycles. The molecule has 0 saturated carbocycles. The lowest BCUT2D eigenvalue weighted by Crippen LogP contribution is -1.82. The predicted octanol–water partition coefficient (Wildman–Crippen LogP) is 1.58. The summed E-state index contributed by atoms with van der Waals surface area (Å²) in [4.78, 5) is 3.66. The number of hydrogen-bond acceptors (Lipinski definition) is 2. The molecule has 2 nitrogen and oxygen atoms in total. The van der Waals surface area contributed by atoms with Crippen LogP contribution in [0.5, 0.6) is 0 Å². The summed E-state index contributed by atoms with van der Waals surface area (Å²) in [5, 5.41) is 0. The molecule has 0 saturated heterocycles. The van der Waals surface area contributed by atoms with Gasteiger partial charge in [-0.1, -0.05) is 0 Å². The van der Waals surface area contributed by atoms with Crippen molar-refractivity contribution in [3.8, 4) is 0 Å². The van der Waals surface area contributed by atoms with Crippen LogP contribution in [0.4, 0.5) is 0 Å². The molecule has 0 spiro atoms. The zero-order valence-electron chi connectivity index (χ0n) is 5.56. The van der Waals surface area contributed by atoms with Crippen molar-refractivity contribution in [2.24, 2.45) is 4.99 Å². The van der Waals surface area contributed by atoms with Gasteiger partial charge >= 0.3 is 0 Å². The lowest BCUT2D eigenvalue weighted by atomic mass is 10.4. The van der Waals surface area contributed by atoms with Crippen LogP contribution in [0.25, 0.3) is 0 Å². The highest BCUT2D eigenvalue weighted by Crippen LogP contribution is 2.02. The smallest absolute Gasteiger partial charge is 0.113 e. The Morgan fingerprint density at radius 2 is 2.00 bits per heavy atom. The van der Waals surface area contributed by atoms with Gasteiger partial charge in [-0.25, -0.2) is 0 Å². The number of methoxy groups -OCH3 is 1. The Bertz CT molecular complexity index is 116. The maximum atomic E-state index is 4.85. The fourth-order valence-corrected chi connectivity index (χ4v) is 0.259. The van der Waals surface area contributed by atoms with Crippen molar-refractivity contribution in [1.29, 1.82) is 0 Å². The second-order valence-electron chi connectivity index (χ2n) is 1.50. The van der Waals surface area contributed by atoms with E-state index in [1.54, 1.807) is 7.11 Å². The molecule has 0 aliphatic heterocycles. The fourth-order valence-electron chi connectivity index (χ4n) is 0.259. The quantitative estimate of drug-likeness (QED) is 0.393. The first-order valence-corrected chi connectivity index (χ1v) is 2.40. The topological polar surface area (TPSA) is 21.6 Å². The Labute approximate surface area is 49.9 Å². The van der Waals surface area contributed by atoms with Crippen molar-refractivity contribution in [2.75, 3.05) is 7.11 Å². The van der Waals surface area contributed by atoms with Crippen LogP contribution in [0, 0.1) is 0 Å². The first-order chi connectivity index (χ1) is 3.72. The molecule has 0 aromatic heterocycles. The van der Waals surface area contributed by atoms with E-state index in [1.807, 2.05) is 13.8 Å². The number of hydrogen-bond donors (Lipinski definition) is 0. The van der Waals surface area contributed by atoms with Gasteiger partial charge in [0.2, 0.25) is 0 Å². The Morgan fingerprint density at radius 1 is 1.50 bits per heavy atom. The molecule has 0 fully saturated rings. The Hall–Kier alpha value is -0.790. The van der Waals surface area contributed by atoms with Crippen molar-refractivity contribution < 1.29 is 4.74 Å². The number of rotatable bonds is 2. The third kappa shape index (κ3) is 1.78. The van der Waals surface area contributed by atoms with E-state index in [4.69, 9.17) is 4.74 Å². The Kier molecular flexibility index (Phi) is 2.92. The second kappa shape index (κ2) is 3.24. The van der Waals surface area contributed by atoms with Crippen LogP contribution in [0.3, 0.4) is 0 Å². The van der Waals surface area contributed by atoms with Crippen molar-refractivity contribution in [3.63, 3.8) is 0 Å². The zero-order valence-corrected chi connectivity index (χ0v) is 5.56. The van der Waals surface area contributed by atoms with Gasteiger partial charge in [0, 0.05) is 0 Å². The maximum Gasteiger partial charge on any atom is 0.113 e. The summed E-state index contributed by atoms with van der Waals surface area (Å²) in [7, 11) is 1.62. The normalized spacial score (nSPS) is 12.4. The summed E-state index contributed by atoms with van der Waals surface area (Å²) in [5.41, 5.74) is 0.840. The van der Waals surface area contributed by atoms with Gasteiger partial charge in [0.25, 0.3) is 0 Å². The molecule has 0 atom stereocenters. The van der Waals surface area contributed by atoms with E-state index in [0.717, 1.165) is 11.5 Å². The van der Waals surface area contributed by atoms with Crippen LogP contribution in [0.15, 0.2) is 16.4 Å². The van der Waals surface area contributed by atoms with Crippen LogP contribution in [0.1, 0.15) is 13.8 Å². The number of ether oxygens (including phenoxy) is 1. The van der Waals surface area contributed by atoms with Crippen LogP contribution in [-0.4, -0.2) is 13.8 Å². The number of nitrogens with zero attached hydrogens (tertiary/aromatic N) is 1. The minimum atomic E-state index is 0.819. The van der Waals surface area contributed by atoms with E-state index < -0.39 is 0 Å². The number of allylic oxidation sites excluding steroid dienone is 2. The van der Waals surface area contributed by atoms with Gasteiger partial charge in [-0.05, 0) is 20.6 Å². The molecule has 0 radical (unpaired) electrons. The highest BCUT2D eigenvalue weighted by Gasteiger charge is 1.88. The van der Waals surface area contributed by atoms with Crippen LogP contribution >= 0.6 is 0 Å². The van der Waals surface area contributed by atoms with Gasteiger partial charge in [0.05, 0.1) is 12.8 Å². The fraction of sp³-hybridized carbons (Fsp3) is 0.500. The largest absolute Gasteiger partial charge is 0.500 e. The minimum Gasteiger partial charge on any atom is -0.500 e. The van der Waals surface area contributed by atoms with Crippen molar-refractivity contribution in [1.82, 2.24) is 0 Å². The van der Waals surface area contributed by atoms with Gasteiger partial charge in [-0.15, -0.1) is 0 Å². The Balaban J connectivity index is 4.03. The first-order valence-electron chi connectivity index (χ1n) is 2.40. The summed E-state index contributed by atoms with van der Waals surface area (Å²) in [6, 6.07) is 0. The highest BCUT2D eigenvalue weighted by atomic mass is 16.5. The maximum absolute atomic E-state index is 4.85. The van der Waals surface area contributed by atoms with Crippen LogP contribution < -0.4 is 0 Å².